The average Bonchev–Trinajstić information content (AvgIpc) is 3.22. The number of phenols is 1. The smallest absolute Gasteiger partial charge is 0.319 e. The number of carbonyl (C=O) groups excluding carboxylic acids is 1. The number of nitrogens with zero attached hydrogens (tertiary/aromatic N) is 3. The number of carbonyl (C=O) groups is 1. The van der Waals surface area contributed by atoms with Crippen LogP contribution in [0.1, 0.15) is 68.3 Å². The number of hydrogen-bond donors (Lipinski definition) is 4. The molecule has 0 unspecified atom stereocenters. The van der Waals surface area contributed by atoms with Crippen LogP contribution in [0.5, 0.6) is 5.75 Å². The number of benzene rings is 1. The summed E-state index contributed by atoms with van der Waals surface area (Å²) in [5, 5.41) is 20.1. The fourth-order valence-electron chi connectivity index (χ4n) is 3.76. The Hall–Kier alpha value is -3.29. The molecule has 11 nitrogen and oxygen atoms in total. The second kappa shape index (κ2) is 11.0. The van der Waals surface area contributed by atoms with Crippen LogP contribution < -0.4 is 21.8 Å². The number of rotatable bonds is 8. The van der Waals surface area contributed by atoms with Gasteiger partial charge in [0.25, 0.3) is 5.91 Å². The molecule has 2 aromatic rings. The van der Waals surface area contributed by atoms with Crippen molar-refractivity contribution in [3.63, 3.8) is 0 Å². The number of aromatic hydroxyl groups is 1. The first-order valence-electron chi connectivity index (χ1n) is 11.6. The lowest BCUT2D eigenvalue weighted by atomic mass is 9.84. The molecule has 1 heterocycles. The normalized spacial score (nSPS) is 13.4. The van der Waals surface area contributed by atoms with Gasteiger partial charge in [-0.25, -0.2) is 11.0 Å². The summed E-state index contributed by atoms with van der Waals surface area (Å²) in [6.45, 7) is 13.8. The zero-order chi connectivity index (χ0) is 28.5. The molecule has 37 heavy (non-hydrogen) atoms. The van der Waals surface area contributed by atoms with Crippen molar-refractivity contribution in [3.05, 3.63) is 53.6 Å². The van der Waals surface area contributed by atoms with Gasteiger partial charge in [0.1, 0.15) is 19.6 Å². The lowest BCUT2D eigenvalue weighted by molar-refractivity contribution is 0.0826. The number of hydrogen-bond acceptors (Lipinski definition) is 7. The summed E-state index contributed by atoms with van der Waals surface area (Å²) in [7, 11) is 0.358. The van der Waals surface area contributed by atoms with Gasteiger partial charge in [-0.05, 0) is 29.0 Å². The molecule has 0 fully saturated rings. The first-order chi connectivity index (χ1) is 16.8. The van der Waals surface area contributed by atoms with Crippen LogP contribution in [0.2, 0.25) is 0 Å². The number of anilines is 1. The Morgan fingerprint density at radius 1 is 1.27 bits per heavy atom. The first-order valence-corrected chi connectivity index (χ1v) is 13.1. The van der Waals surface area contributed by atoms with E-state index in [1.54, 1.807) is 34.3 Å². The van der Waals surface area contributed by atoms with Crippen molar-refractivity contribution in [1.82, 2.24) is 9.91 Å². The first kappa shape index (κ1) is 29.9. The number of nitrogens with one attached hydrogen (secondary N) is 1. The van der Waals surface area contributed by atoms with Crippen LogP contribution >= 0.6 is 0 Å². The molecular weight excluding hydrogens is 495 g/mol. The van der Waals surface area contributed by atoms with E-state index in [1.807, 2.05) is 40.7 Å². The maximum Gasteiger partial charge on any atom is 0.319 e. The standard InChI is InChI=1S/C24H37BN6O5S/c1-13(2)15-11-18(36-12-15)21(24(4,5)6)31(26)14(3)22(29-37(27,34)35)28-17-10-9-16(25)19(20(17)32)23(33)30(7)8/h9-13,21,32H,3,25-26H2,1-2,4-8H3,(H,28,29)(H2,27,34,35)/t21-/m0/s1. The van der Waals surface area contributed by atoms with E-state index in [1.165, 1.54) is 16.0 Å². The van der Waals surface area contributed by atoms with E-state index in [0.717, 1.165) is 5.56 Å². The van der Waals surface area contributed by atoms with Crippen LogP contribution in [-0.2, 0) is 10.2 Å². The summed E-state index contributed by atoms with van der Waals surface area (Å²) in [5.74, 6) is 6.12. The Bertz CT molecular complexity index is 1310. The van der Waals surface area contributed by atoms with Crippen molar-refractivity contribution in [3.8, 4) is 5.75 Å². The molecule has 2 rings (SSSR count). The van der Waals surface area contributed by atoms with Crippen molar-refractivity contribution < 1.29 is 22.7 Å². The Labute approximate surface area is 219 Å². The molecule has 1 aromatic heterocycles. The van der Waals surface area contributed by atoms with Crippen LogP contribution in [-0.4, -0.2) is 57.1 Å². The molecule has 0 saturated carbocycles. The van der Waals surface area contributed by atoms with Crippen molar-refractivity contribution in [2.24, 2.45) is 20.8 Å². The third-order valence-corrected chi connectivity index (χ3v) is 6.17. The Balaban J connectivity index is 2.59. The fraction of sp³-hybridized carbons (Fsp3) is 0.417. The molecule has 1 atom stereocenters. The van der Waals surface area contributed by atoms with Gasteiger partial charge in [0.15, 0.2) is 11.6 Å². The predicted molar refractivity (Wildman–Crippen MR) is 149 cm³/mol. The summed E-state index contributed by atoms with van der Waals surface area (Å²) in [4.78, 5) is 14.0. The zero-order valence-electron chi connectivity index (χ0n) is 22.7. The second-order valence-corrected chi connectivity index (χ2v) is 11.7. The van der Waals surface area contributed by atoms with Crippen LogP contribution in [0, 0.1) is 5.41 Å². The van der Waals surface area contributed by atoms with Crippen molar-refractivity contribution >= 4 is 40.9 Å². The molecule has 0 aliphatic heterocycles. The topological polar surface area (TPSA) is 167 Å². The number of phenolic OH excluding ortho intramolecular Hbond substituents is 1. The second-order valence-electron chi connectivity index (χ2n) is 10.5. The lowest BCUT2D eigenvalue weighted by Crippen LogP contribution is -2.44. The third kappa shape index (κ3) is 7.15. The van der Waals surface area contributed by atoms with Crippen LogP contribution in [0.4, 0.5) is 5.69 Å². The van der Waals surface area contributed by atoms with Crippen molar-refractivity contribution in [2.75, 3.05) is 19.4 Å². The number of furan rings is 1. The molecule has 0 radical (unpaired) electrons. The molecule has 1 amide bonds. The predicted octanol–water partition coefficient (Wildman–Crippen LogP) is 1.56. The Morgan fingerprint density at radius 2 is 1.86 bits per heavy atom. The highest BCUT2D eigenvalue weighted by Crippen LogP contribution is 2.40. The molecule has 0 saturated heterocycles. The van der Waals surface area contributed by atoms with E-state index >= 15 is 0 Å². The van der Waals surface area contributed by atoms with Crippen LogP contribution in [0.25, 0.3) is 0 Å². The molecule has 6 N–H and O–H groups in total. The molecule has 0 aliphatic rings. The highest BCUT2D eigenvalue weighted by atomic mass is 32.2. The zero-order valence-corrected chi connectivity index (χ0v) is 23.5. The maximum absolute atomic E-state index is 12.6. The molecule has 0 bridgehead atoms. The van der Waals surface area contributed by atoms with Gasteiger partial charge in [0, 0.05) is 14.1 Å². The monoisotopic (exact) mass is 532 g/mol. The van der Waals surface area contributed by atoms with E-state index in [0.29, 0.717) is 11.2 Å². The van der Waals surface area contributed by atoms with E-state index in [9.17, 15) is 18.3 Å². The largest absolute Gasteiger partial charge is 0.505 e. The molecule has 0 spiro atoms. The van der Waals surface area contributed by atoms with E-state index in [4.69, 9.17) is 15.4 Å². The molecule has 13 heteroatoms. The van der Waals surface area contributed by atoms with Crippen molar-refractivity contribution in [2.45, 2.75) is 46.6 Å². The summed E-state index contributed by atoms with van der Waals surface area (Å²) >= 11 is 0. The minimum atomic E-state index is -4.41. The molecule has 0 aliphatic carbocycles. The van der Waals surface area contributed by atoms with Crippen LogP contribution in [0.3, 0.4) is 0 Å². The lowest BCUT2D eigenvalue weighted by Gasteiger charge is -2.38. The summed E-state index contributed by atoms with van der Waals surface area (Å²) in [6, 6.07) is 4.39. The fourth-order valence-corrected chi connectivity index (χ4v) is 4.17. The quantitative estimate of drug-likeness (QED) is 0.0992. The van der Waals surface area contributed by atoms with Gasteiger partial charge in [-0.2, -0.15) is 8.42 Å². The number of amidine groups is 1. The summed E-state index contributed by atoms with van der Waals surface area (Å²) in [6.07, 6.45) is 1.65. The molecular formula is C24H37BN6O5S. The number of amides is 1. The van der Waals surface area contributed by atoms with Crippen molar-refractivity contribution in [1.29, 1.82) is 0 Å². The summed E-state index contributed by atoms with van der Waals surface area (Å²) in [5.41, 5.74) is 1.02. The van der Waals surface area contributed by atoms with Gasteiger partial charge in [0.05, 0.1) is 23.2 Å². The highest BCUT2D eigenvalue weighted by molar-refractivity contribution is 7.88. The number of nitrogens with two attached hydrogens (primary N) is 2. The van der Waals surface area contributed by atoms with Gasteiger partial charge in [0.2, 0.25) is 0 Å². The third-order valence-electron chi connectivity index (χ3n) is 5.74. The molecule has 1 aromatic carbocycles. The number of hydrazine groups is 1. The Kier molecular flexibility index (Phi) is 8.89. The summed E-state index contributed by atoms with van der Waals surface area (Å²) < 4.78 is 33.4. The maximum atomic E-state index is 12.6. The molecule has 202 valence electrons. The van der Waals surface area contributed by atoms with Gasteiger partial charge in [-0.1, -0.05) is 52.7 Å². The average molecular weight is 532 g/mol. The van der Waals surface area contributed by atoms with Crippen LogP contribution in [0.15, 0.2) is 45.6 Å². The van der Waals surface area contributed by atoms with E-state index in [2.05, 4.69) is 16.3 Å². The van der Waals surface area contributed by atoms with Gasteiger partial charge in [-0.15, -0.1) is 4.40 Å². The Morgan fingerprint density at radius 3 is 2.32 bits per heavy atom. The van der Waals surface area contributed by atoms with Gasteiger partial charge in [-0.3, -0.25) is 9.80 Å². The van der Waals surface area contributed by atoms with Gasteiger partial charge < -0.3 is 19.7 Å². The minimum Gasteiger partial charge on any atom is -0.505 e. The SMILES string of the molecule is Bc1ccc(N/C(=N/S(N)(=O)=O)C(=C)N(N)[C@@H](c2cc(C(C)C)co2)C(C)(C)C)c(O)c1C(=O)N(C)C. The van der Waals surface area contributed by atoms with E-state index < -0.39 is 33.3 Å². The van der Waals surface area contributed by atoms with E-state index in [-0.39, 0.29) is 28.7 Å². The minimum absolute atomic E-state index is 0.0140. The highest BCUT2D eigenvalue weighted by Gasteiger charge is 2.36. The van der Waals surface area contributed by atoms with Gasteiger partial charge >= 0.3 is 10.2 Å².